The van der Waals surface area contributed by atoms with E-state index in [-0.39, 0.29) is 12.0 Å². The molecule has 0 radical (unpaired) electrons. The Balaban J connectivity index is 1.46. The topological polar surface area (TPSA) is 105 Å². The molecular formula is C33H31ClN2O5. The molecule has 41 heavy (non-hydrogen) atoms. The Morgan fingerprint density at radius 2 is 1.39 bits per heavy atom. The first-order chi connectivity index (χ1) is 19.9. The van der Waals surface area contributed by atoms with Crippen LogP contribution in [0.2, 0.25) is 5.02 Å². The van der Waals surface area contributed by atoms with Gasteiger partial charge in [0.2, 0.25) is 0 Å². The summed E-state index contributed by atoms with van der Waals surface area (Å²) in [6, 6.07) is 30.0. The number of halogens is 1. The Bertz CT molecular complexity index is 1490. The second kappa shape index (κ2) is 14.3. The van der Waals surface area contributed by atoms with E-state index in [1.165, 1.54) is 7.11 Å². The largest absolute Gasteiger partial charge is 0.480 e. The van der Waals surface area contributed by atoms with Crippen LogP contribution in [0.15, 0.2) is 103 Å². The van der Waals surface area contributed by atoms with Gasteiger partial charge in [-0.2, -0.15) is 0 Å². The second-order valence-electron chi connectivity index (χ2n) is 9.55. The third kappa shape index (κ3) is 8.03. The van der Waals surface area contributed by atoms with Crippen molar-refractivity contribution in [2.24, 2.45) is 0 Å². The number of hydrogen-bond donors (Lipinski definition) is 3. The third-order valence-electron chi connectivity index (χ3n) is 6.75. The van der Waals surface area contributed by atoms with Gasteiger partial charge >= 0.3 is 11.9 Å². The highest BCUT2D eigenvalue weighted by molar-refractivity contribution is 6.33. The number of carbonyl (C=O) groups excluding carboxylic acids is 2. The molecule has 0 spiro atoms. The molecule has 0 heterocycles. The molecule has 0 aliphatic rings. The number of ether oxygens (including phenoxy) is 1. The number of carboxylic acid groups (broad SMARTS) is 1. The number of carboxylic acids is 1. The van der Waals surface area contributed by atoms with Crippen molar-refractivity contribution in [3.8, 4) is 11.1 Å². The maximum atomic E-state index is 12.8. The van der Waals surface area contributed by atoms with Crippen molar-refractivity contribution in [3.63, 3.8) is 0 Å². The SMILES string of the molecule is COC(=O)[C@H](Cc1ccc(-c2ccccc2CN[C@H](Cc2ccccc2)C(=O)O)cc1)NC(=O)c1ccccc1Cl. The summed E-state index contributed by atoms with van der Waals surface area (Å²) in [5, 5.41) is 16.0. The van der Waals surface area contributed by atoms with Crippen molar-refractivity contribution in [1.29, 1.82) is 0 Å². The van der Waals surface area contributed by atoms with E-state index in [0.29, 0.717) is 18.0 Å². The number of methoxy groups -OCH3 is 1. The molecule has 8 heteroatoms. The minimum absolute atomic E-state index is 0.228. The summed E-state index contributed by atoms with van der Waals surface area (Å²) >= 11 is 6.15. The third-order valence-corrected chi connectivity index (χ3v) is 7.08. The highest BCUT2D eigenvalue weighted by Crippen LogP contribution is 2.25. The lowest BCUT2D eigenvalue weighted by atomic mass is 9.96. The first kappa shape index (κ1) is 29.5. The molecular weight excluding hydrogens is 540 g/mol. The standard InChI is InChI=1S/C33H31ClN2O5/c1-41-33(40)30(36-31(37)27-13-7-8-14-28(27)34)20-23-15-17-24(18-16-23)26-12-6-5-11-25(26)21-35-29(32(38)39)19-22-9-3-2-4-10-22/h2-18,29-30,35H,19-21H2,1H3,(H,36,37)(H,38,39)/t29-,30+/m1/s1. The normalized spacial score (nSPS) is 12.2. The van der Waals surface area contributed by atoms with E-state index in [1.807, 2.05) is 78.9 Å². The van der Waals surface area contributed by atoms with Crippen molar-refractivity contribution in [1.82, 2.24) is 10.6 Å². The maximum Gasteiger partial charge on any atom is 0.328 e. The molecule has 0 unspecified atom stereocenters. The second-order valence-corrected chi connectivity index (χ2v) is 9.96. The number of nitrogens with one attached hydrogen (secondary N) is 2. The molecule has 7 nitrogen and oxygen atoms in total. The van der Waals surface area contributed by atoms with E-state index in [9.17, 15) is 19.5 Å². The molecule has 0 aliphatic heterocycles. The van der Waals surface area contributed by atoms with Gasteiger partial charge in [0.15, 0.2) is 0 Å². The average Bonchev–Trinajstić information content (AvgIpc) is 2.99. The van der Waals surface area contributed by atoms with Gasteiger partial charge in [-0.1, -0.05) is 103 Å². The van der Waals surface area contributed by atoms with Gasteiger partial charge in [-0.15, -0.1) is 0 Å². The van der Waals surface area contributed by atoms with E-state index >= 15 is 0 Å². The summed E-state index contributed by atoms with van der Waals surface area (Å²) in [6.07, 6.45) is 0.605. The molecule has 0 bridgehead atoms. The summed E-state index contributed by atoms with van der Waals surface area (Å²) in [4.78, 5) is 37.2. The zero-order chi connectivity index (χ0) is 29.2. The lowest BCUT2D eigenvalue weighted by molar-refractivity contribution is -0.143. The molecule has 3 N–H and O–H groups in total. The van der Waals surface area contributed by atoms with E-state index in [2.05, 4.69) is 10.6 Å². The summed E-state index contributed by atoms with van der Waals surface area (Å²) in [5.74, 6) is -1.93. The number of esters is 1. The van der Waals surface area contributed by atoms with Crippen LogP contribution in [0.5, 0.6) is 0 Å². The lowest BCUT2D eigenvalue weighted by Gasteiger charge is -2.18. The predicted octanol–water partition coefficient (Wildman–Crippen LogP) is 5.31. The molecule has 4 aromatic carbocycles. The monoisotopic (exact) mass is 570 g/mol. The van der Waals surface area contributed by atoms with E-state index in [4.69, 9.17) is 16.3 Å². The van der Waals surface area contributed by atoms with Crippen LogP contribution < -0.4 is 10.6 Å². The number of aliphatic carboxylic acids is 1. The molecule has 0 saturated carbocycles. The van der Waals surface area contributed by atoms with Gasteiger partial charge in [0.1, 0.15) is 12.1 Å². The first-order valence-electron chi connectivity index (χ1n) is 13.2. The van der Waals surface area contributed by atoms with Crippen LogP contribution in [0.3, 0.4) is 0 Å². The average molecular weight is 571 g/mol. The van der Waals surface area contributed by atoms with Gasteiger partial charge in [0.25, 0.3) is 5.91 Å². The summed E-state index contributed by atoms with van der Waals surface area (Å²) in [5.41, 5.74) is 4.91. The maximum absolute atomic E-state index is 12.8. The molecule has 0 aromatic heterocycles. The van der Waals surface area contributed by atoms with Gasteiger partial charge in [-0.05, 0) is 46.4 Å². The minimum Gasteiger partial charge on any atom is -0.480 e. The Morgan fingerprint density at radius 3 is 2.07 bits per heavy atom. The fraction of sp³-hybridized carbons (Fsp3) is 0.182. The number of benzene rings is 4. The number of carbonyl (C=O) groups is 3. The van der Waals surface area contributed by atoms with Gasteiger partial charge in [-0.25, -0.2) is 4.79 Å². The van der Waals surface area contributed by atoms with Crippen molar-refractivity contribution in [2.45, 2.75) is 31.5 Å². The Morgan fingerprint density at radius 1 is 0.780 bits per heavy atom. The molecule has 1 amide bonds. The molecule has 4 aromatic rings. The van der Waals surface area contributed by atoms with Crippen LogP contribution >= 0.6 is 11.6 Å². The van der Waals surface area contributed by atoms with Gasteiger partial charge in [-0.3, -0.25) is 14.9 Å². The fourth-order valence-corrected chi connectivity index (χ4v) is 4.78. The lowest BCUT2D eigenvalue weighted by Crippen LogP contribution is -2.43. The number of hydrogen-bond acceptors (Lipinski definition) is 5. The molecule has 0 fully saturated rings. The Labute approximate surface area is 244 Å². The van der Waals surface area contributed by atoms with E-state index in [1.54, 1.807) is 24.3 Å². The van der Waals surface area contributed by atoms with Crippen LogP contribution in [-0.4, -0.2) is 42.1 Å². The molecule has 0 saturated heterocycles. The number of rotatable bonds is 12. The summed E-state index contributed by atoms with van der Waals surface area (Å²) < 4.78 is 4.93. The van der Waals surface area contributed by atoms with Gasteiger partial charge in [0, 0.05) is 13.0 Å². The summed E-state index contributed by atoms with van der Waals surface area (Å²) in [7, 11) is 1.28. The zero-order valence-electron chi connectivity index (χ0n) is 22.5. The quantitative estimate of drug-likeness (QED) is 0.200. The highest BCUT2D eigenvalue weighted by Gasteiger charge is 2.24. The molecule has 2 atom stereocenters. The number of amides is 1. The molecule has 0 aliphatic carbocycles. The zero-order valence-corrected chi connectivity index (χ0v) is 23.3. The molecule has 4 rings (SSSR count). The smallest absolute Gasteiger partial charge is 0.328 e. The van der Waals surface area contributed by atoms with Crippen LogP contribution in [0.25, 0.3) is 11.1 Å². The van der Waals surface area contributed by atoms with Crippen molar-refractivity contribution in [3.05, 3.63) is 130 Å². The van der Waals surface area contributed by atoms with E-state index < -0.39 is 29.9 Å². The predicted molar refractivity (Wildman–Crippen MR) is 159 cm³/mol. The minimum atomic E-state index is -0.905. The van der Waals surface area contributed by atoms with Crippen molar-refractivity contribution in [2.75, 3.05) is 7.11 Å². The van der Waals surface area contributed by atoms with Crippen molar-refractivity contribution < 1.29 is 24.2 Å². The van der Waals surface area contributed by atoms with E-state index in [0.717, 1.165) is 27.8 Å². The van der Waals surface area contributed by atoms with Crippen LogP contribution in [-0.2, 0) is 33.7 Å². The van der Waals surface area contributed by atoms with Gasteiger partial charge in [0.05, 0.1) is 17.7 Å². The highest BCUT2D eigenvalue weighted by atomic mass is 35.5. The Kier molecular flexibility index (Phi) is 10.3. The van der Waals surface area contributed by atoms with Gasteiger partial charge < -0.3 is 15.2 Å². The summed E-state index contributed by atoms with van der Waals surface area (Å²) in [6.45, 7) is 0.375. The Hall–Kier alpha value is -4.46. The van der Waals surface area contributed by atoms with Crippen LogP contribution in [0.4, 0.5) is 0 Å². The first-order valence-corrected chi connectivity index (χ1v) is 13.5. The fourth-order valence-electron chi connectivity index (χ4n) is 4.56. The van der Waals surface area contributed by atoms with Crippen LogP contribution in [0.1, 0.15) is 27.0 Å². The van der Waals surface area contributed by atoms with Crippen molar-refractivity contribution >= 4 is 29.4 Å². The molecule has 210 valence electrons. The van der Waals surface area contributed by atoms with Crippen LogP contribution in [0, 0.1) is 0 Å².